The summed E-state index contributed by atoms with van der Waals surface area (Å²) in [6.07, 6.45) is 4.32. The normalized spacial score (nSPS) is 19.0. The maximum Gasteiger partial charge on any atom is 0.166 e. The smallest absolute Gasteiger partial charge is 0.166 e. The van der Waals surface area contributed by atoms with Gasteiger partial charge in [-0.1, -0.05) is 23.2 Å². The van der Waals surface area contributed by atoms with E-state index in [-0.39, 0.29) is 17.0 Å². The van der Waals surface area contributed by atoms with E-state index in [2.05, 4.69) is 38.9 Å². The van der Waals surface area contributed by atoms with Gasteiger partial charge in [0.15, 0.2) is 11.6 Å². The molecule has 1 N–H and O–H groups in total. The number of fused-ring (bicyclic) bond motifs is 1. The molecule has 0 saturated carbocycles. The Balaban J connectivity index is 1.20. The number of rotatable bonds is 7. The molecular formula is C28H29Cl2FN6O2. The molecule has 5 heterocycles. The number of H-pyrrole nitrogens is 1. The van der Waals surface area contributed by atoms with Crippen LogP contribution in [0.4, 0.5) is 10.2 Å². The Bertz CT molecular complexity index is 1530. The second kappa shape index (κ2) is 9.59. The molecule has 3 aromatic heterocycles. The third kappa shape index (κ3) is 4.61. The number of hydrogen-bond acceptors (Lipinski definition) is 7. The topological polar surface area (TPSA) is 79.4 Å². The Morgan fingerprint density at radius 1 is 1.05 bits per heavy atom. The molecule has 39 heavy (non-hydrogen) atoms. The Morgan fingerprint density at radius 3 is 2.44 bits per heavy atom. The second-order valence-corrected chi connectivity index (χ2v) is 11.8. The molecule has 0 aliphatic carbocycles. The van der Waals surface area contributed by atoms with Crippen molar-refractivity contribution in [2.24, 2.45) is 0 Å². The maximum absolute atomic E-state index is 15.3. The molecule has 8 nitrogen and oxygen atoms in total. The Morgan fingerprint density at radius 2 is 1.77 bits per heavy atom. The number of pyridine rings is 2. The van der Waals surface area contributed by atoms with Crippen molar-refractivity contribution in [2.75, 3.05) is 38.2 Å². The van der Waals surface area contributed by atoms with Gasteiger partial charge in [-0.2, -0.15) is 5.10 Å². The van der Waals surface area contributed by atoms with Crippen LogP contribution in [-0.2, 0) is 4.74 Å². The highest BCUT2D eigenvalue weighted by Crippen LogP contribution is 2.40. The molecule has 6 rings (SSSR count). The number of nitrogens with one attached hydrogen (secondary N) is 1. The first-order valence-electron chi connectivity index (χ1n) is 12.7. The van der Waals surface area contributed by atoms with Crippen molar-refractivity contribution >= 4 is 39.9 Å². The largest absolute Gasteiger partial charge is 0.486 e. The molecule has 0 amide bonds. The summed E-state index contributed by atoms with van der Waals surface area (Å²) in [5.41, 5.74) is 2.52. The molecule has 0 unspecified atom stereocenters. The predicted octanol–water partition coefficient (Wildman–Crippen LogP) is 5.91. The summed E-state index contributed by atoms with van der Waals surface area (Å²) in [4.78, 5) is 12.9. The quantitative estimate of drug-likeness (QED) is 0.296. The van der Waals surface area contributed by atoms with Gasteiger partial charge in [0.2, 0.25) is 0 Å². The summed E-state index contributed by atoms with van der Waals surface area (Å²) in [6, 6.07) is 7.06. The Kier molecular flexibility index (Phi) is 6.45. The fourth-order valence-electron chi connectivity index (χ4n) is 5.55. The number of methoxy groups -OCH3 is 1. The molecule has 2 aliphatic heterocycles. The van der Waals surface area contributed by atoms with Crippen molar-refractivity contribution in [3.05, 3.63) is 64.3 Å². The first-order chi connectivity index (χ1) is 18.6. The van der Waals surface area contributed by atoms with Crippen molar-refractivity contribution < 1.29 is 13.9 Å². The first-order valence-corrected chi connectivity index (χ1v) is 13.5. The molecule has 1 atom stereocenters. The third-order valence-electron chi connectivity index (χ3n) is 7.91. The van der Waals surface area contributed by atoms with E-state index < -0.39 is 6.10 Å². The van der Waals surface area contributed by atoms with Gasteiger partial charge < -0.3 is 14.4 Å². The van der Waals surface area contributed by atoms with Crippen molar-refractivity contribution in [2.45, 2.75) is 38.0 Å². The molecular weight excluding hydrogens is 542 g/mol. The lowest BCUT2D eigenvalue weighted by Crippen LogP contribution is -2.77. The lowest BCUT2D eigenvalue weighted by atomic mass is 9.82. The summed E-state index contributed by atoms with van der Waals surface area (Å²) in [6.45, 7) is 9.37. The maximum atomic E-state index is 15.3. The summed E-state index contributed by atoms with van der Waals surface area (Å²) in [7, 11) is 1.75. The summed E-state index contributed by atoms with van der Waals surface area (Å²) >= 11 is 12.6. The molecule has 0 bridgehead atoms. The van der Waals surface area contributed by atoms with E-state index in [0.717, 1.165) is 24.0 Å². The molecule has 2 fully saturated rings. The van der Waals surface area contributed by atoms with Crippen LogP contribution in [0.3, 0.4) is 0 Å². The number of aromatic nitrogens is 4. The van der Waals surface area contributed by atoms with E-state index in [1.54, 1.807) is 13.3 Å². The van der Waals surface area contributed by atoms with Crippen LogP contribution in [0, 0.1) is 5.82 Å². The summed E-state index contributed by atoms with van der Waals surface area (Å²) in [5, 5.41) is 9.10. The van der Waals surface area contributed by atoms with Gasteiger partial charge in [-0.15, -0.1) is 0 Å². The van der Waals surface area contributed by atoms with Crippen molar-refractivity contribution in [3.63, 3.8) is 0 Å². The monoisotopic (exact) mass is 570 g/mol. The SMILES string of the molecule is COC1(C)CN(C2(C)CN(c3ncc(-c4n[nH]c5ccc(O[C@H](C)c6c(Cl)cncc6Cl)cc45)cc3F)C2)C1. The van der Waals surface area contributed by atoms with Crippen LogP contribution in [0.1, 0.15) is 32.4 Å². The zero-order valence-corrected chi connectivity index (χ0v) is 23.6. The lowest BCUT2D eigenvalue weighted by molar-refractivity contribution is -0.152. The molecule has 0 spiro atoms. The fourth-order valence-corrected chi connectivity index (χ4v) is 6.22. The number of ether oxygens (including phenoxy) is 2. The summed E-state index contributed by atoms with van der Waals surface area (Å²) < 4.78 is 27.1. The van der Waals surface area contributed by atoms with E-state index in [1.165, 1.54) is 18.5 Å². The van der Waals surface area contributed by atoms with E-state index in [9.17, 15) is 0 Å². The molecule has 0 radical (unpaired) electrons. The number of aromatic amines is 1. The van der Waals surface area contributed by atoms with Crippen LogP contribution >= 0.6 is 23.2 Å². The van der Waals surface area contributed by atoms with Crippen LogP contribution in [0.5, 0.6) is 5.75 Å². The third-order valence-corrected chi connectivity index (χ3v) is 8.51. The highest BCUT2D eigenvalue weighted by molar-refractivity contribution is 6.35. The van der Waals surface area contributed by atoms with Gasteiger partial charge in [0.25, 0.3) is 0 Å². The average molecular weight is 571 g/mol. The molecule has 4 aromatic rings. The fraction of sp³-hybridized carbons (Fsp3) is 0.393. The van der Waals surface area contributed by atoms with Gasteiger partial charge in [-0.3, -0.25) is 15.0 Å². The van der Waals surface area contributed by atoms with Crippen LogP contribution in [0.2, 0.25) is 10.0 Å². The minimum atomic E-state index is -0.416. The molecule has 1 aromatic carbocycles. The van der Waals surface area contributed by atoms with E-state index in [0.29, 0.717) is 51.5 Å². The zero-order valence-electron chi connectivity index (χ0n) is 22.1. The van der Waals surface area contributed by atoms with Gasteiger partial charge in [-0.05, 0) is 45.0 Å². The van der Waals surface area contributed by atoms with E-state index in [1.807, 2.05) is 30.0 Å². The predicted molar refractivity (Wildman–Crippen MR) is 150 cm³/mol. The van der Waals surface area contributed by atoms with Gasteiger partial charge in [0, 0.05) is 68.4 Å². The van der Waals surface area contributed by atoms with Crippen LogP contribution < -0.4 is 9.64 Å². The van der Waals surface area contributed by atoms with Gasteiger partial charge in [-0.25, -0.2) is 9.37 Å². The van der Waals surface area contributed by atoms with Crippen LogP contribution in [0.15, 0.2) is 42.9 Å². The van der Waals surface area contributed by atoms with Crippen molar-refractivity contribution in [1.29, 1.82) is 0 Å². The van der Waals surface area contributed by atoms with Gasteiger partial charge in [0.05, 0.1) is 26.7 Å². The first kappa shape index (κ1) is 26.3. The molecule has 2 aliphatic rings. The van der Waals surface area contributed by atoms with Gasteiger partial charge in [0.1, 0.15) is 17.5 Å². The zero-order chi connectivity index (χ0) is 27.5. The Labute approximate surface area is 236 Å². The average Bonchev–Trinajstić information content (AvgIpc) is 3.28. The van der Waals surface area contributed by atoms with E-state index in [4.69, 9.17) is 32.7 Å². The van der Waals surface area contributed by atoms with Crippen molar-refractivity contribution in [3.8, 4) is 17.0 Å². The van der Waals surface area contributed by atoms with Crippen molar-refractivity contribution in [1.82, 2.24) is 25.1 Å². The van der Waals surface area contributed by atoms with Gasteiger partial charge >= 0.3 is 0 Å². The number of hydrogen-bond donors (Lipinski definition) is 1. The standard InChI is InChI=1S/C28H29Cl2FN6O2/c1-16(24-20(29)10-32-11-21(24)30)39-18-5-6-23-19(8-18)25(35-34-23)17-7-22(31)26(33-9-17)36-12-27(2,13-36)37-14-28(3,15-37)38-4/h5-11,16H,12-15H2,1-4H3,(H,34,35)/t16-/m1/s1. The highest BCUT2D eigenvalue weighted by Gasteiger charge is 2.53. The number of nitrogens with zero attached hydrogens (tertiary/aromatic N) is 5. The van der Waals surface area contributed by atoms with Crippen LogP contribution in [-0.4, -0.2) is 69.5 Å². The lowest BCUT2D eigenvalue weighted by Gasteiger charge is -2.61. The number of halogens is 3. The number of anilines is 1. The minimum absolute atomic E-state index is 0.0124. The highest BCUT2D eigenvalue weighted by atomic mass is 35.5. The molecule has 11 heteroatoms. The van der Waals surface area contributed by atoms with E-state index >= 15 is 4.39 Å². The summed E-state index contributed by atoms with van der Waals surface area (Å²) in [5.74, 6) is 0.580. The molecule has 204 valence electrons. The Hall–Kier alpha value is -2.98. The minimum Gasteiger partial charge on any atom is -0.486 e. The number of benzene rings is 1. The molecule has 2 saturated heterocycles. The number of likely N-dealkylation sites (tertiary alicyclic amines) is 1. The van der Waals surface area contributed by atoms with Crippen LogP contribution in [0.25, 0.3) is 22.2 Å². The second-order valence-electron chi connectivity index (χ2n) is 10.9.